The summed E-state index contributed by atoms with van der Waals surface area (Å²) in [5, 5.41) is 7.90. The van der Waals surface area contributed by atoms with Gasteiger partial charge < -0.3 is 4.57 Å². The third kappa shape index (κ3) is 2.64. The van der Waals surface area contributed by atoms with E-state index in [1.54, 1.807) is 6.33 Å². The van der Waals surface area contributed by atoms with Crippen molar-refractivity contribution in [2.24, 2.45) is 7.05 Å². The molecule has 5 heteroatoms. The van der Waals surface area contributed by atoms with Gasteiger partial charge in [-0.05, 0) is 19.2 Å². The highest BCUT2D eigenvalue weighted by atomic mass is 15.3. The normalized spacial score (nSPS) is 10.9. The molecule has 2 aromatic rings. The van der Waals surface area contributed by atoms with E-state index in [1.807, 2.05) is 43.1 Å². The minimum Gasteiger partial charge on any atom is -0.320 e. The maximum atomic E-state index is 4.29. The summed E-state index contributed by atoms with van der Waals surface area (Å²) in [6, 6.07) is 5.94. The molecule has 2 rings (SSSR count). The third-order valence-corrected chi connectivity index (χ3v) is 2.37. The molecule has 0 bridgehead atoms. The van der Waals surface area contributed by atoms with Crippen LogP contribution in [0.25, 0.3) is 0 Å². The van der Waals surface area contributed by atoms with E-state index in [0.717, 1.165) is 24.6 Å². The quantitative estimate of drug-likeness (QED) is 0.761. The predicted molar refractivity (Wildman–Crippen MR) is 60.4 cm³/mol. The summed E-state index contributed by atoms with van der Waals surface area (Å²) in [4.78, 5) is 6.44. The number of hydrogen-bond donors (Lipinski definition) is 0. The minimum atomic E-state index is 0.771. The van der Waals surface area contributed by atoms with Gasteiger partial charge in [-0.3, -0.25) is 9.88 Å². The van der Waals surface area contributed by atoms with E-state index in [9.17, 15) is 0 Å². The first-order valence-corrected chi connectivity index (χ1v) is 5.17. The predicted octanol–water partition coefficient (Wildman–Crippen LogP) is 0.842. The molecular weight excluding hydrogens is 202 g/mol. The molecule has 0 aliphatic heterocycles. The third-order valence-electron chi connectivity index (χ3n) is 2.37. The summed E-state index contributed by atoms with van der Waals surface area (Å²) in [6.45, 7) is 1.58. The Morgan fingerprint density at radius 1 is 1.31 bits per heavy atom. The molecule has 16 heavy (non-hydrogen) atoms. The van der Waals surface area contributed by atoms with Gasteiger partial charge in [0.05, 0.1) is 12.2 Å². The van der Waals surface area contributed by atoms with Crippen molar-refractivity contribution in [3.8, 4) is 0 Å². The van der Waals surface area contributed by atoms with Crippen molar-refractivity contribution in [3.05, 3.63) is 42.2 Å². The van der Waals surface area contributed by atoms with Crippen LogP contribution in [0, 0.1) is 0 Å². The topological polar surface area (TPSA) is 46.8 Å². The molecule has 0 N–H and O–H groups in total. The molecule has 84 valence electrons. The van der Waals surface area contributed by atoms with Crippen molar-refractivity contribution in [2.75, 3.05) is 7.05 Å². The van der Waals surface area contributed by atoms with Gasteiger partial charge in [0.1, 0.15) is 12.2 Å². The van der Waals surface area contributed by atoms with E-state index in [1.165, 1.54) is 0 Å². The summed E-state index contributed by atoms with van der Waals surface area (Å²) >= 11 is 0. The molecule has 0 unspecified atom stereocenters. The maximum Gasteiger partial charge on any atom is 0.146 e. The molecule has 2 heterocycles. The number of pyridine rings is 1. The lowest BCUT2D eigenvalue weighted by Gasteiger charge is -2.14. The van der Waals surface area contributed by atoms with Crippen LogP contribution >= 0.6 is 0 Å². The molecule has 0 spiro atoms. The smallest absolute Gasteiger partial charge is 0.146 e. The fraction of sp³-hybridized carbons (Fsp3) is 0.364. The van der Waals surface area contributed by atoms with Crippen molar-refractivity contribution in [1.29, 1.82) is 0 Å². The van der Waals surface area contributed by atoms with Gasteiger partial charge in [0.25, 0.3) is 0 Å². The number of hydrogen-bond acceptors (Lipinski definition) is 4. The fourth-order valence-corrected chi connectivity index (χ4v) is 1.52. The van der Waals surface area contributed by atoms with Crippen LogP contribution in [-0.2, 0) is 20.1 Å². The Hall–Kier alpha value is -1.75. The number of aryl methyl sites for hydroxylation is 1. The second-order valence-corrected chi connectivity index (χ2v) is 3.85. The van der Waals surface area contributed by atoms with Crippen molar-refractivity contribution in [1.82, 2.24) is 24.6 Å². The maximum absolute atomic E-state index is 4.29. The van der Waals surface area contributed by atoms with E-state index in [-0.39, 0.29) is 0 Å². The lowest BCUT2D eigenvalue weighted by molar-refractivity contribution is 0.303. The second kappa shape index (κ2) is 4.85. The largest absolute Gasteiger partial charge is 0.320 e. The molecule has 0 saturated carbocycles. The molecule has 0 atom stereocenters. The monoisotopic (exact) mass is 217 g/mol. The molecule has 0 amide bonds. The zero-order chi connectivity index (χ0) is 11.4. The average Bonchev–Trinajstić information content (AvgIpc) is 2.66. The van der Waals surface area contributed by atoms with Crippen LogP contribution in [0.4, 0.5) is 0 Å². The van der Waals surface area contributed by atoms with E-state index in [0.29, 0.717) is 0 Å². The molecule has 5 nitrogen and oxygen atoms in total. The Balaban J connectivity index is 1.95. The van der Waals surface area contributed by atoms with Gasteiger partial charge in [-0.25, -0.2) is 0 Å². The van der Waals surface area contributed by atoms with E-state index in [2.05, 4.69) is 20.1 Å². The van der Waals surface area contributed by atoms with E-state index < -0.39 is 0 Å². The summed E-state index contributed by atoms with van der Waals surface area (Å²) in [5.41, 5.74) is 1.06. The van der Waals surface area contributed by atoms with Crippen molar-refractivity contribution in [3.63, 3.8) is 0 Å². The van der Waals surface area contributed by atoms with Crippen LogP contribution in [0.15, 0.2) is 30.7 Å². The van der Waals surface area contributed by atoms with Crippen LogP contribution < -0.4 is 0 Å². The Labute approximate surface area is 94.8 Å². The van der Waals surface area contributed by atoms with Gasteiger partial charge in [0.15, 0.2) is 0 Å². The number of nitrogens with zero attached hydrogens (tertiary/aromatic N) is 5. The van der Waals surface area contributed by atoms with Gasteiger partial charge in [-0.2, -0.15) is 0 Å². The Morgan fingerprint density at radius 3 is 2.81 bits per heavy atom. The van der Waals surface area contributed by atoms with Crippen LogP contribution in [0.3, 0.4) is 0 Å². The molecule has 0 radical (unpaired) electrons. The highest BCUT2D eigenvalue weighted by molar-refractivity contribution is 5.03. The molecule has 0 aromatic carbocycles. The summed E-state index contributed by atoms with van der Waals surface area (Å²) < 4.78 is 1.93. The van der Waals surface area contributed by atoms with Crippen LogP contribution in [0.1, 0.15) is 11.5 Å². The van der Waals surface area contributed by atoms with Crippen molar-refractivity contribution < 1.29 is 0 Å². The van der Waals surface area contributed by atoms with Gasteiger partial charge in [-0.15, -0.1) is 10.2 Å². The van der Waals surface area contributed by atoms with Gasteiger partial charge in [0.2, 0.25) is 0 Å². The zero-order valence-corrected chi connectivity index (χ0v) is 9.54. The SMILES string of the molecule is CN(Cc1ccccn1)Cc1nncn1C. The summed E-state index contributed by atoms with van der Waals surface area (Å²) in [5.74, 6) is 0.957. The van der Waals surface area contributed by atoms with Crippen LogP contribution in [0.2, 0.25) is 0 Å². The molecule has 0 aliphatic rings. The molecule has 0 aliphatic carbocycles. The van der Waals surface area contributed by atoms with Crippen LogP contribution in [0.5, 0.6) is 0 Å². The van der Waals surface area contributed by atoms with E-state index >= 15 is 0 Å². The molecule has 2 aromatic heterocycles. The van der Waals surface area contributed by atoms with Gasteiger partial charge in [0, 0.05) is 19.8 Å². The van der Waals surface area contributed by atoms with Gasteiger partial charge in [-0.1, -0.05) is 6.07 Å². The second-order valence-electron chi connectivity index (χ2n) is 3.85. The zero-order valence-electron chi connectivity index (χ0n) is 9.54. The van der Waals surface area contributed by atoms with E-state index in [4.69, 9.17) is 0 Å². The first-order chi connectivity index (χ1) is 7.75. The first-order valence-electron chi connectivity index (χ1n) is 5.17. The average molecular weight is 217 g/mol. The Bertz CT molecular complexity index is 437. The molecule has 0 fully saturated rings. The summed E-state index contributed by atoms with van der Waals surface area (Å²) in [6.07, 6.45) is 3.52. The summed E-state index contributed by atoms with van der Waals surface area (Å²) in [7, 11) is 3.99. The first kappa shape index (κ1) is 10.8. The molecular formula is C11H15N5. The number of aromatic nitrogens is 4. The van der Waals surface area contributed by atoms with Crippen LogP contribution in [-0.4, -0.2) is 31.7 Å². The fourth-order valence-electron chi connectivity index (χ4n) is 1.52. The number of rotatable bonds is 4. The minimum absolute atomic E-state index is 0.771. The lowest BCUT2D eigenvalue weighted by Crippen LogP contribution is -2.20. The van der Waals surface area contributed by atoms with Crippen molar-refractivity contribution >= 4 is 0 Å². The van der Waals surface area contributed by atoms with Crippen molar-refractivity contribution in [2.45, 2.75) is 13.1 Å². The van der Waals surface area contributed by atoms with Gasteiger partial charge >= 0.3 is 0 Å². The highest BCUT2D eigenvalue weighted by Gasteiger charge is 2.06. The Morgan fingerprint density at radius 2 is 2.19 bits per heavy atom. The lowest BCUT2D eigenvalue weighted by atomic mass is 10.3. The molecule has 0 saturated heterocycles. The standard InChI is InChI=1S/C11H15N5/c1-15(7-10-5-3-4-6-12-10)8-11-14-13-9-16(11)2/h3-6,9H,7-8H2,1-2H3. The Kier molecular flexibility index (Phi) is 3.26. The highest BCUT2D eigenvalue weighted by Crippen LogP contribution is 2.03.